The van der Waals surface area contributed by atoms with Gasteiger partial charge in [-0.2, -0.15) is 0 Å². The molecule has 0 aromatic carbocycles. The molecule has 19 heavy (non-hydrogen) atoms. The Morgan fingerprint density at radius 1 is 1.32 bits per heavy atom. The second kappa shape index (κ2) is 6.43. The van der Waals surface area contributed by atoms with Gasteiger partial charge < -0.3 is 4.90 Å². The molecule has 1 N–H and O–H groups in total. The Bertz CT molecular complexity index is 498. The maximum atomic E-state index is 11.7. The first-order valence-electron chi connectivity index (χ1n) is 6.38. The molecule has 0 spiro atoms. The lowest BCUT2D eigenvalue weighted by Crippen LogP contribution is -2.20. The molecule has 1 saturated heterocycles. The molecule has 0 unspecified atom stereocenters. The number of halogens is 1. The molecular formula is C12H18ClN3O2S. The molecule has 1 fully saturated rings. The monoisotopic (exact) mass is 303 g/mol. The maximum absolute atomic E-state index is 11.7. The Kier molecular flexibility index (Phi) is 4.87. The predicted octanol–water partition coefficient (Wildman–Crippen LogP) is 2.05. The summed E-state index contributed by atoms with van der Waals surface area (Å²) in [4.78, 5) is 6.50. The highest BCUT2D eigenvalue weighted by Crippen LogP contribution is 2.19. The number of aromatic nitrogens is 1. The van der Waals surface area contributed by atoms with Crippen molar-refractivity contribution in [2.75, 3.05) is 34.3 Å². The molecule has 0 amide bonds. The van der Waals surface area contributed by atoms with Crippen molar-refractivity contribution in [2.24, 2.45) is 0 Å². The molecule has 0 atom stereocenters. The number of anilines is 2. The number of nitrogens with one attached hydrogen (secondary N) is 1. The molecule has 0 radical (unpaired) electrons. The SMILES string of the molecule is O=S(=O)(CCCCl)Nc1ccc(N2CCCC2)nc1. The molecule has 1 aliphatic rings. The molecule has 106 valence electrons. The molecule has 0 aliphatic carbocycles. The van der Waals surface area contributed by atoms with Crippen LogP contribution in [0.2, 0.25) is 0 Å². The van der Waals surface area contributed by atoms with Crippen LogP contribution < -0.4 is 9.62 Å². The van der Waals surface area contributed by atoms with Crippen molar-refractivity contribution in [1.82, 2.24) is 4.98 Å². The van der Waals surface area contributed by atoms with Gasteiger partial charge in [0.25, 0.3) is 0 Å². The predicted molar refractivity (Wildman–Crippen MR) is 78.4 cm³/mol. The van der Waals surface area contributed by atoms with Crippen molar-refractivity contribution in [3.63, 3.8) is 0 Å². The highest BCUT2D eigenvalue weighted by molar-refractivity contribution is 7.92. The molecule has 0 saturated carbocycles. The Balaban J connectivity index is 1.98. The summed E-state index contributed by atoms with van der Waals surface area (Å²) in [6.45, 7) is 2.04. The minimum absolute atomic E-state index is 0.0321. The Morgan fingerprint density at radius 3 is 2.63 bits per heavy atom. The van der Waals surface area contributed by atoms with Crippen LogP contribution in [0.15, 0.2) is 18.3 Å². The normalized spacial score (nSPS) is 15.7. The number of nitrogens with zero attached hydrogens (tertiary/aromatic N) is 2. The van der Waals surface area contributed by atoms with Gasteiger partial charge in [-0.25, -0.2) is 13.4 Å². The van der Waals surface area contributed by atoms with Gasteiger partial charge in [0.2, 0.25) is 10.0 Å². The second-order valence-corrected chi connectivity index (χ2v) is 6.78. The third kappa shape index (κ3) is 4.24. The Labute approximate surface area is 119 Å². The fourth-order valence-electron chi connectivity index (χ4n) is 2.05. The van der Waals surface area contributed by atoms with E-state index in [1.54, 1.807) is 12.3 Å². The topological polar surface area (TPSA) is 62.3 Å². The van der Waals surface area contributed by atoms with Crippen LogP contribution in [0.25, 0.3) is 0 Å². The van der Waals surface area contributed by atoms with Crippen molar-refractivity contribution in [1.29, 1.82) is 0 Å². The van der Waals surface area contributed by atoms with Crippen LogP contribution in [0.5, 0.6) is 0 Å². The molecule has 1 aliphatic heterocycles. The van der Waals surface area contributed by atoms with E-state index in [0.29, 0.717) is 18.0 Å². The zero-order valence-electron chi connectivity index (χ0n) is 10.7. The van der Waals surface area contributed by atoms with Gasteiger partial charge in [-0.3, -0.25) is 4.72 Å². The summed E-state index contributed by atoms with van der Waals surface area (Å²) in [5, 5.41) is 0. The second-order valence-electron chi connectivity index (χ2n) is 4.56. The van der Waals surface area contributed by atoms with E-state index >= 15 is 0 Å². The van der Waals surface area contributed by atoms with E-state index < -0.39 is 10.0 Å². The van der Waals surface area contributed by atoms with E-state index in [1.807, 2.05) is 6.07 Å². The zero-order chi connectivity index (χ0) is 13.7. The van der Waals surface area contributed by atoms with Crippen LogP contribution in [-0.4, -0.2) is 38.1 Å². The van der Waals surface area contributed by atoms with Gasteiger partial charge in [-0.05, 0) is 31.4 Å². The van der Waals surface area contributed by atoms with Gasteiger partial charge in [0.1, 0.15) is 5.82 Å². The van der Waals surface area contributed by atoms with Crippen LogP contribution in [0.4, 0.5) is 11.5 Å². The molecule has 1 aromatic rings. The summed E-state index contributed by atoms with van der Waals surface area (Å²) >= 11 is 5.49. The Morgan fingerprint density at radius 2 is 2.05 bits per heavy atom. The molecule has 7 heteroatoms. The van der Waals surface area contributed by atoms with Gasteiger partial charge in [0, 0.05) is 19.0 Å². The molecule has 2 rings (SSSR count). The van der Waals surface area contributed by atoms with E-state index in [-0.39, 0.29) is 5.75 Å². The molecule has 1 aromatic heterocycles. The van der Waals surface area contributed by atoms with Crippen molar-refractivity contribution in [3.8, 4) is 0 Å². The molecular weight excluding hydrogens is 286 g/mol. The number of pyridine rings is 1. The maximum Gasteiger partial charge on any atom is 0.232 e. The number of alkyl halides is 1. The van der Waals surface area contributed by atoms with E-state index in [4.69, 9.17) is 11.6 Å². The summed E-state index contributed by atoms with van der Waals surface area (Å²) in [6.07, 6.45) is 4.38. The molecule has 0 bridgehead atoms. The van der Waals surface area contributed by atoms with Gasteiger partial charge in [0.05, 0.1) is 17.6 Å². The van der Waals surface area contributed by atoms with E-state index in [2.05, 4.69) is 14.6 Å². The van der Waals surface area contributed by atoms with Crippen LogP contribution in [0, 0.1) is 0 Å². The fraction of sp³-hybridized carbons (Fsp3) is 0.583. The highest BCUT2D eigenvalue weighted by Gasteiger charge is 2.14. The molecule has 5 nitrogen and oxygen atoms in total. The number of sulfonamides is 1. The number of hydrogen-bond donors (Lipinski definition) is 1. The lowest BCUT2D eigenvalue weighted by atomic mass is 10.4. The van der Waals surface area contributed by atoms with Crippen molar-refractivity contribution >= 4 is 33.1 Å². The van der Waals surface area contributed by atoms with E-state index in [9.17, 15) is 8.42 Å². The number of rotatable bonds is 6. The number of hydrogen-bond acceptors (Lipinski definition) is 4. The average molecular weight is 304 g/mol. The van der Waals surface area contributed by atoms with Crippen molar-refractivity contribution in [3.05, 3.63) is 18.3 Å². The van der Waals surface area contributed by atoms with Crippen molar-refractivity contribution in [2.45, 2.75) is 19.3 Å². The highest BCUT2D eigenvalue weighted by atomic mass is 35.5. The van der Waals surface area contributed by atoms with E-state index in [0.717, 1.165) is 18.9 Å². The summed E-state index contributed by atoms with van der Waals surface area (Å²) in [5.41, 5.74) is 0.498. The first-order valence-corrected chi connectivity index (χ1v) is 8.57. The van der Waals surface area contributed by atoms with Gasteiger partial charge >= 0.3 is 0 Å². The lowest BCUT2D eigenvalue weighted by molar-refractivity contribution is 0.600. The van der Waals surface area contributed by atoms with Crippen molar-refractivity contribution < 1.29 is 8.42 Å². The first-order chi connectivity index (χ1) is 9.11. The summed E-state index contributed by atoms with van der Waals surface area (Å²) in [6, 6.07) is 3.60. The average Bonchev–Trinajstić information content (AvgIpc) is 2.91. The minimum Gasteiger partial charge on any atom is -0.357 e. The first kappa shape index (κ1) is 14.4. The van der Waals surface area contributed by atoms with E-state index in [1.165, 1.54) is 12.8 Å². The third-order valence-electron chi connectivity index (χ3n) is 3.00. The van der Waals surface area contributed by atoms with Crippen LogP contribution in [-0.2, 0) is 10.0 Å². The minimum atomic E-state index is -3.32. The summed E-state index contributed by atoms with van der Waals surface area (Å²) in [7, 11) is -3.32. The fourth-order valence-corrected chi connectivity index (χ4v) is 3.45. The smallest absolute Gasteiger partial charge is 0.232 e. The lowest BCUT2D eigenvalue weighted by Gasteiger charge is -2.16. The molecule has 2 heterocycles. The zero-order valence-corrected chi connectivity index (χ0v) is 12.3. The van der Waals surface area contributed by atoms with Gasteiger partial charge in [-0.1, -0.05) is 0 Å². The van der Waals surface area contributed by atoms with Crippen LogP contribution >= 0.6 is 11.6 Å². The third-order valence-corrected chi connectivity index (χ3v) is 4.64. The summed E-state index contributed by atoms with van der Waals surface area (Å²) < 4.78 is 25.9. The summed E-state index contributed by atoms with van der Waals surface area (Å²) in [5.74, 6) is 1.28. The van der Waals surface area contributed by atoms with Crippen LogP contribution in [0.3, 0.4) is 0 Å². The largest absolute Gasteiger partial charge is 0.357 e. The van der Waals surface area contributed by atoms with Gasteiger partial charge in [0.15, 0.2) is 0 Å². The quantitative estimate of drug-likeness (QED) is 0.817. The standard InChI is InChI=1S/C12H18ClN3O2S/c13-6-3-9-19(17,18)15-11-4-5-12(14-10-11)16-7-1-2-8-16/h4-5,10,15H,1-3,6-9H2. The van der Waals surface area contributed by atoms with Gasteiger partial charge in [-0.15, -0.1) is 11.6 Å². The Hall–Kier alpha value is -1.01. The van der Waals surface area contributed by atoms with Crippen LogP contribution in [0.1, 0.15) is 19.3 Å².